The van der Waals surface area contributed by atoms with Crippen molar-refractivity contribution in [1.82, 2.24) is 4.90 Å². The third-order valence-corrected chi connectivity index (χ3v) is 4.99. The number of carbonyl (C=O) groups excluding carboxylic acids is 2. The average Bonchev–Trinajstić information content (AvgIpc) is 2.78. The fourth-order valence-electron chi connectivity index (χ4n) is 3.44. The zero-order chi connectivity index (χ0) is 24.2. The lowest BCUT2D eigenvalue weighted by Gasteiger charge is -2.31. The number of methoxy groups -OCH3 is 1. The van der Waals surface area contributed by atoms with Crippen molar-refractivity contribution in [3.63, 3.8) is 0 Å². The molecule has 3 rings (SSSR count). The topological polar surface area (TPSA) is 92.9 Å². The number of primary amides is 1. The molecule has 9 heteroatoms. The van der Waals surface area contributed by atoms with Crippen LogP contribution in [0.3, 0.4) is 0 Å². The first-order valence-corrected chi connectivity index (χ1v) is 9.80. The third-order valence-electron chi connectivity index (χ3n) is 4.99. The minimum Gasteiger partial charge on any atom is -0.507 e. The first-order chi connectivity index (χ1) is 15.6. The highest BCUT2D eigenvalue weighted by molar-refractivity contribution is 5.99. The molecule has 0 aliphatic carbocycles. The largest absolute Gasteiger partial charge is 0.507 e. The minimum absolute atomic E-state index is 0.107. The average molecular weight is 458 g/mol. The van der Waals surface area contributed by atoms with E-state index < -0.39 is 29.6 Å². The summed E-state index contributed by atoms with van der Waals surface area (Å²) in [7, 11) is 1.46. The van der Waals surface area contributed by atoms with Gasteiger partial charge in [0.1, 0.15) is 17.5 Å². The molecule has 0 saturated heterocycles. The van der Waals surface area contributed by atoms with Gasteiger partial charge in [0.05, 0.1) is 18.2 Å². The van der Waals surface area contributed by atoms with E-state index in [4.69, 9.17) is 10.5 Å². The molecule has 0 saturated carbocycles. The quantitative estimate of drug-likeness (QED) is 0.553. The van der Waals surface area contributed by atoms with Crippen molar-refractivity contribution < 1.29 is 32.6 Å². The highest BCUT2D eigenvalue weighted by Crippen LogP contribution is 2.33. The SMILES string of the molecule is COc1cccc(CN(C(=O)c2ccccc2O)C(C(N)=O)c2cccc(C(F)(F)F)c2)c1. The van der Waals surface area contributed by atoms with Gasteiger partial charge in [0.25, 0.3) is 5.91 Å². The van der Waals surface area contributed by atoms with Gasteiger partial charge in [-0.25, -0.2) is 0 Å². The summed E-state index contributed by atoms with van der Waals surface area (Å²) in [6.07, 6.45) is -4.66. The van der Waals surface area contributed by atoms with E-state index in [0.717, 1.165) is 23.1 Å². The molecule has 0 aromatic heterocycles. The van der Waals surface area contributed by atoms with Gasteiger partial charge in [0.2, 0.25) is 5.91 Å². The highest BCUT2D eigenvalue weighted by atomic mass is 19.4. The number of halogens is 3. The normalized spacial score (nSPS) is 12.1. The van der Waals surface area contributed by atoms with E-state index in [9.17, 15) is 27.9 Å². The number of nitrogens with zero attached hydrogens (tertiary/aromatic N) is 1. The highest BCUT2D eigenvalue weighted by Gasteiger charge is 2.35. The van der Waals surface area contributed by atoms with E-state index in [-0.39, 0.29) is 23.4 Å². The molecule has 0 spiro atoms. The Morgan fingerprint density at radius 2 is 1.73 bits per heavy atom. The summed E-state index contributed by atoms with van der Waals surface area (Å²) in [5, 5.41) is 10.2. The number of carbonyl (C=O) groups is 2. The molecule has 3 N–H and O–H groups in total. The van der Waals surface area contributed by atoms with Crippen LogP contribution < -0.4 is 10.5 Å². The Morgan fingerprint density at radius 1 is 1.03 bits per heavy atom. The summed E-state index contributed by atoms with van der Waals surface area (Å²) in [4.78, 5) is 27.0. The van der Waals surface area contributed by atoms with Gasteiger partial charge in [-0.3, -0.25) is 9.59 Å². The van der Waals surface area contributed by atoms with Crippen molar-refractivity contribution in [1.29, 1.82) is 0 Å². The second-order valence-electron chi connectivity index (χ2n) is 7.23. The van der Waals surface area contributed by atoms with Crippen LogP contribution in [0.25, 0.3) is 0 Å². The van der Waals surface area contributed by atoms with Crippen LogP contribution in [0.2, 0.25) is 0 Å². The van der Waals surface area contributed by atoms with Gasteiger partial charge >= 0.3 is 6.18 Å². The number of phenolic OH excluding ortho intramolecular Hbond substituents is 1. The number of phenols is 1. The molecule has 3 aromatic rings. The van der Waals surface area contributed by atoms with Crippen molar-refractivity contribution in [3.05, 3.63) is 95.1 Å². The van der Waals surface area contributed by atoms with Crippen LogP contribution in [0.1, 0.15) is 33.1 Å². The van der Waals surface area contributed by atoms with Crippen LogP contribution in [-0.2, 0) is 17.5 Å². The molecule has 172 valence electrons. The van der Waals surface area contributed by atoms with Gasteiger partial charge in [-0.15, -0.1) is 0 Å². The van der Waals surface area contributed by atoms with Crippen molar-refractivity contribution in [2.45, 2.75) is 18.8 Å². The monoisotopic (exact) mass is 458 g/mol. The molecule has 0 aliphatic heterocycles. The number of amides is 2. The lowest BCUT2D eigenvalue weighted by Crippen LogP contribution is -2.41. The number of rotatable bonds is 7. The number of ether oxygens (including phenoxy) is 1. The summed E-state index contributed by atoms with van der Waals surface area (Å²) in [6, 6.07) is 14.8. The maximum Gasteiger partial charge on any atom is 0.416 e. The summed E-state index contributed by atoms with van der Waals surface area (Å²) in [5.41, 5.74) is 4.91. The molecule has 33 heavy (non-hydrogen) atoms. The summed E-state index contributed by atoms with van der Waals surface area (Å²) < 4.78 is 45.1. The number of hydrogen-bond donors (Lipinski definition) is 2. The summed E-state index contributed by atoms with van der Waals surface area (Å²) >= 11 is 0. The summed E-state index contributed by atoms with van der Waals surface area (Å²) in [5.74, 6) is -1.67. The van der Waals surface area contributed by atoms with Crippen molar-refractivity contribution in [2.24, 2.45) is 5.73 Å². The smallest absolute Gasteiger partial charge is 0.416 e. The molecule has 0 radical (unpaired) electrons. The van der Waals surface area contributed by atoms with Gasteiger partial charge in [-0.2, -0.15) is 13.2 Å². The Morgan fingerprint density at radius 3 is 2.36 bits per heavy atom. The number of aromatic hydroxyl groups is 1. The lowest BCUT2D eigenvalue weighted by molar-refractivity contribution is -0.137. The van der Waals surface area contributed by atoms with E-state index in [2.05, 4.69) is 0 Å². The van der Waals surface area contributed by atoms with E-state index >= 15 is 0 Å². The van der Waals surface area contributed by atoms with E-state index in [0.29, 0.717) is 11.3 Å². The third kappa shape index (κ3) is 5.43. The Bertz CT molecular complexity index is 1160. The number of benzene rings is 3. The van der Waals surface area contributed by atoms with Crippen LogP contribution in [0.15, 0.2) is 72.8 Å². The van der Waals surface area contributed by atoms with Crippen LogP contribution in [0.4, 0.5) is 13.2 Å². The zero-order valence-corrected chi connectivity index (χ0v) is 17.5. The first kappa shape index (κ1) is 23.6. The predicted octanol–water partition coefficient (Wildman–Crippen LogP) is 4.29. The fraction of sp³-hybridized carbons (Fsp3) is 0.167. The molecular weight excluding hydrogens is 437 g/mol. The first-order valence-electron chi connectivity index (χ1n) is 9.80. The second kappa shape index (κ2) is 9.64. The number of para-hydroxylation sites is 1. The van der Waals surface area contributed by atoms with Gasteiger partial charge in [-0.1, -0.05) is 36.4 Å². The molecule has 3 aromatic carbocycles. The van der Waals surface area contributed by atoms with Gasteiger partial charge in [-0.05, 0) is 47.5 Å². The molecule has 0 aliphatic rings. The molecule has 2 amide bonds. The maximum atomic E-state index is 13.4. The zero-order valence-electron chi connectivity index (χ0n) is 17.5. The lowest BCUT2D eigenvalue weighted by atomic mass is 9.99. The summed E-state index contributed by atoms with van der Waals surface area (Å²) in [6.45, 7) is -0.186. The van der Waals surface area contributed by atoms with Crippen LogP contribution >= 0.6 is 0 Å². The molecule has 6 nitrogen and oxygen atoms in total. The fourth-order valence-corrected chi connectivity index (χ4v) is 3.44. The second-order valence-corrected chi connectivity index (χ2v) is 7.23. The van der Waals surface area contributed by atoms with Gasteiger partial charge in [0, 0.05) is 6.54 Å². The van der Waals surface area contributed by atoms with E-state index in [1.54, 1.807) is 24.3 Å². The van der Waals surface area contributed by atoms with E-state index in [1.165, 1.54) is 37.4 Å². The van der Waals surface area contributed by atoms with Gasteiger partial charge < -0.3 is 20.5 Å². The number of hydrogen-bond acceptors (Lipinski definition) is 4. The van der Waals surface area contributed by atoms with Crippen LogP contribution in [-0.4, -0.2) is 28.9 Å². The Hall–Kier alpha value is -4.01. The molecule has 1 unspecified atom stereocenters. The minimum atomic E-state index is -4.66. The Balaban J connectivity index is 2.13. The predicted molar refractivity (Wildman–Crippen MR) is 114 cm³/mol. The molecule has 0 heterocycles. The Labute approximate surface area is 188 Å². The van der Waals surface area contributed by atoms with Crippen molar-refractivity contribution in [2.75, 3.05) is 7.11 Å². The molecule has 0 bridgehead atoms. The molecule has 0 fully saturated rings. The van der Waals surface area contributed by atoms with Gasteiger partial charge in [0.15, 0.2) is 0 Å². The van der Waals surface area contributed by atoms with Crippen molar-refractivity contribution >= 4 is 11.8 Å². The van der Waals surface area contributed by atoms with Crippen LogP contribution in [0, 0.1) is 0 Å². The maximum absolute atomic E-state index is 13.4. The standard InChI is InChI=1S/C24H21F3N2O4/c1-33-18-9-4-6-15(12-18)14-29(23(32)19-10-2-3-11-20(19)30)21(22(28)31)16-7-5-8-17(13-16)24(25,26)27/h2-13,21,30H,14H2,1H3,(H2,28,31). The Kier molecular flexibility index (Phi) is 6.91. The van der Waals surface area contributed by atoms with Crippen molar-refractivity contribution in [3.8, 4) is 11.5 Å². The van der Waals surface area contributed by atoms with Crippen LogP contribution in [0.5, 0.6) is 11.5 Å². The number of nitrogens with two attached hydrogens (primary N) is 1. The number of alkyl halides is 3. The van der Waals surface area contributed by atoms with E-state index in [1.807, 2.05) is 0 Å². The molecule has 1 atom stereocenters. The molecular formula is C24H21F3N2O4.